The van der Waals surface area contributed by atoms with Gasteiger partial charge in [0, 0.05) is 35.8 Å². The molecule has 1 unspecified atom stereocenters. The molecule has 4 aromatic rings. The summed E-state index contributed by atoms with van der Waals surface area (Å²) in [5.41, 5.74) is 2.99. The van der Waals surface area contributed by atoms with Crippen molar-refractivity contribution in [1.82, 2.24) is 30.5 Å². The van der Waals surface area contributed by atoms with Crippen molar-refractivity contribution in [3.05, 3.63) is 76.3 Å². The first kappa shape index (κ1) is 24.6. The van der Waals surface area contributed by atoms with Gasteiger partial charge in [-0.3, -0.25) is 9.88 Å². The Bertz CT molecular complexity index is 1460. The highest BCUT2D eigenvalue weighted by Gasteiger charge is 2.43. The number of ether oxygens (including phenoxy) is 3. The Labute approximate surface area is 223 Å². The number of hydrogen-bond acceptors (Lipinski definition) is 8. The van der Waals surface area contributed by atoms with Crippen LogP contribution in [0, 0.1) is 5.82 Å². The van der Waals surface area contributed by atoms with E-state index in [4.69, 9.17) is 25.8 Å². The monoisotopic (exact) mass is 536 g/mol. The number of likely N-dealkylation sites (tertiary alicyclic amines) is 1. The summed E-state index contributed by atoms with van der Waals surface area (Å²) in [6.45, 7) is 4.17. The zero-order valence-electron chi connectivity index (χ0n) is 20.9. The Morgan fingerprint density at radius 2 is 2.03 bits per heavy atom. The van der Waals surface area contributed by atoms with Crippen LogP contribution in [0.5, 0.6) is 17.2 Å². The van der Waals surface area contributed by atoms with Crippen molar-refractivity contribution in [2.45, 2.75) is 38.0 Å². The number of methoxy groups -OCH3 is 1. The molecule has 0 aliphatic carbocycles. The lowest BCUT2D eigenvalue weighted by Gasteiger charge is -2.32. The van der Waals surface area contributed by atoms with Crippen LogP contribution in [-0.2, 0) is 12.3 Å². The van der Waals surface area contributed by atoms with E-state index in [-0.39, 0.29) is 5.92 Å². The number of para-hydroxylation sites is 1. The van der Waals surface area contributed by atoms with Gasteiger partial charge in [0.1, 0.15) is 11.6 Å². The number of aromatic nitrogens is 5. The average molecular weight is 537 g/mol. The highest BCUT2D eigenvalue weighted by atomic mass is 35.5. The summed E-state index contributed by atoms with van der Waals surface area (Å²) in [7, 11) is 1.63. The van der Waals surface area contributed by atoms with Gasteiger partial charge in [0.05, 0.1) is 18.4 Å². The molecule has 1 fully saturated rings. The number of piperidine rings is 1. The van der Waals surface area contributed by atoms with E-state index < -0.39 is 11.6 Å². The van der Waals surface area contributed by atoms with E-state index in [0.29, 0.717) is 40.2 Å². The number of fused-ring (bicyclic) bond motifs is 1. The zero-order chi connectivity index (χ0) is 26.3. The SMILES string of the molecule is COc1cc(-c2nn[nH]n2)cnc1CN1CCC(c2cccc3c2OC(C)(c2ccc(Cl)cc2F)O3)CC1. The third-order valence-corrected chi connectivity index (χ3v) is 7.42. The summed E-state index contributed by atoms with van der Waals surface area (Å²) in [5.74, 6) is 1.04. The second kappa shape index (κ2) is 9.85. The molecule has 1 atom stereocenters. The van der Waals surface area contributed by atoms with Crippen molar-refractivity contribution in [3.8, 4) is 28.6 Å². The molecule has 1 N–H and O–H groups in total. The number of nitrogens with zero attached hydrogens (tertiary/aromatic N) is 5. The van der Waals surface area contributed by atoms with Crippen molar-refractivity contribution in [1.29, 1.82) is 0 Å². The predicted molar refractivity (Wildman–Crippen MR) is 138 cm³/mol. The number of aromatic amines is 1. The van der Waals surface area contributed by atoms with Crippen molar-refractivity contribution in [2.75, 3.05) is 20.2 Å². The molecule has 9 nitrogen and oxygen atoms in total. The number of nitrogens with one attached hydrogen (secondary N) is 1. The molecule has 4 heterocycles. The summed E-state index contributed by atoms with van der Waals surface area (Å²) < 4.78 is 32.8. The first-order chi connectivity index (χ1) is 18.4. The number of benzene rings is 2. The summed E-state index contributed by atoms with van der Waals surface area (Å²) in [6, 6.07) is 12.3. The molecule has 2 aromatic heterocycles. The minimum absolute atomic E-state index is 0.290. The van der Waals surface area contributed by atoms with E-state index >= 15 is 0 Å². The minimum atomic E-state index is -1.26. The Morgan fingerprint density at radius 1 is 1.18 bits per heavy atom. The third kappa shape index (κ3) is 4.54. The van der Waals surface area contributed by atoms with Gasteiger partial charge in [-0.25, -0.2) is 4.39 Å². The van der Waals surface area contributed by atoms with Crippen LogP contribution in [0.2, 0.25) is 5.02 Å². The summed E-state index contributed by atoms with van der Waals surface area (Å²) in [5, 5.41) is 14.4. The molecule has 11 heteroatoms. The van der Waals surface area contributed by atoms with E-state index in [1.165, 1.54) is 6.07 Å². The maximum atomic E-state index is 14.7. The van der Waals surface area contributed by atoms with Crippen LogP contribution in [0.4, 0.5) is 4.39 Å². The second-order valence-electron chi connectivity index (χ2n) is 9.61. The summed E-state index contributed by atoms with van der Waals surface area (Å²) in [6.07, 6.45) is 3.62. The van der Waals surface area contributed by atoms with Gasteiger partial charge >= 0.3 is 0 Å². The first-order valence-corrected chi connectivity index (χ1v) is 12.8. The minimum Gasteiger partial charge on any atom is -0.495 e. The van der Waals surface area contributed by atoms with Crippen LogP contribution >= 0.6 is 11.6 Å². The van der Waals surface area contributed by atoms with Gasteiger partial charge in [-0.2, -0.15) is 5.21 Å². The fourth-order valence-corrected chi connectivity index (χ4v) is 5.38. The molecule has 0 radical (unpaired) electrons. The largest absolute Gasteiger partial charge is 0.495 e. The summed E-state index contributed by atoms with van der Waals surface area (Å²) in [4.78, 5) is 6.98. The maximum absolute atomic E-state index is 14.7. The number of pyridine rings is 1. The zero-order valence-corrected chi connectivity index (χ0v) is 21.7. The molecule has 0 saturated carbocycles. The molecular formula is C27H26ClFN6O3. The number of tetrazole rings is 1. The van der Waals surface area contributed by atoms with E-state index in [1.807, 2.05) is 18.2 Å². The number of hydrogen-bond donors (Lipinski definition) is 1. The Kier molecular flexibility index (Phi) is 6.37. The Hall–Kier alpha value is -3.76. The normalized spacial score (nSPS) is 19.6. The molecule has 2 aliphatic rings. The smallest absolute Gasteiger partial charge is 0.278 e. The van der Waals surface area contributed by atoms with Crippen LogP contribution in [-0.4, -0.2) is 50.7 Å². The van der Waals surface area contributed by atoms with Gasteiger partial charge in [0.2, 0.25) is 5.82 Å². The number of halogens is 2. The lowest BCUT2D eigenvalue weighted by Crippen LogP contribution is -2.34. The molecule has 0 bridgehead atoms. The highest BCUT2D eigenvalue weighted by molar-refractivity contribution is 6.30. The number of H-pyrrole nitrogens is 1. The maximum Gasteiger partial charge on any atom is 0.278 e. The van der Waals surface area contributed by atoms with Crippen LogP contribution in [0.15, 0.2) is 48.7 Å². The van der Waals surface area contributed by atoms with Crippen molar-refractivity contribution >= 4 is 11.6 Å². The lowest BCUT2D eigenvalue weighted by molar-refractivity contribution is -0.0712. The second-order valence-corrected chi connectivity index (χ2v) is 10.0. The van der Waals surface area contributed by atoms with Crippen LogP contribution in [0.25, 0.3) is 11.4 Å². The Morgan fingerprint density at radius 3 is 2.76 bits per heavy atom. The van der Waals surface area contributed by atoms with E-state index in [9.17, 15) is 4.39 Å². The third-order valence-electron chi connectivity index (χ3n) is 7.19. The fourth-order valence-electron chi connectivity index (χ4n) is 5.23. The molecule has 2 aromatic carbocycles. The number of rotatable bonds is 6. The van der Waals surface area contributed by atoms with Crippen molar-refractivity contribution in [2.24, 2.45) is 0 Å². The quantitative estimate of drug-likeness (QED) is 0.364. The molecule has 1 saturated heterocycles. The molecule has 2 aliphatic heterocycles. The molecule has 196 valence electrons. The predicted octanol–water partition coefficient (Wildman–Crippen LogP) is 5.09. The summed E-state index contributed by atoms with van der Waals surface area (Å²) >= 11 is 5.95. The lowest BCUT2D eigenvalue weighted by atomic mass is 9.88. The van der Waals surface area contributed by atoms with Gasteiger partial charge in [-0.05, 0) is 67.4 Å². The van der Waals surface area contributed by atoms with Crippen LogP contribution in [0.3, 0.4) is 0 Å². The molecule has 0 amide bonds. The van der Waals surface area contributed by atoms with Crippen LogP contribution < -0.4 is 14.2 Å². The standard InChI is InChI=1S/C27H26ClFN6O3/c1-27(20-7-6-18(28)13-21(20)29)37-23-5-3-4-19(25(23)38-27)16-8-10-35(11-9-16)15-22-24(36-2)12-17(14-30-22)26-31-33-34-32-26/h3-7,12-14,16H,8-11,15H2,1-2H3,(H,31,32,33,34). The first-order valence-electron chi connectivity index (χ1n) is 12.4. The van der Waals surface area contributed by atoms with Gasteiger partial charge in [-0.15, -0.1) is 10.2 Å². The van der Waals surface area contributed by atoms with Gasteiger partial charge in [0.15, 0.2) is 11.5 Å². The molecular weight excluding hydrogens is 511 g/mol. The fraction of sp³-hybridized carbons (Fsp3) is 0.333. The Balaban J connectivity index is 1.15. The van der Waals surface area contributed by atoms with Crippen molar-refractivity contribution < 1.29 is 18.6 Å². The van der Waals surface area contributed by atoms with E-state index in [1.54, 1.807) is 32.4 Å². The molecule has 0 spiro atoms. The molecule has 6 rings (SSSR count). The van der Waals surface area contributed by atoms with Crippen LogP contribution in [0.1, 0.15) is 42.5 Å². The van der Waals surface area contributed by atoms with Gasteiger partial charge < -0.3 is 14.2 Å². The van der Waals surface area contributed by atoms with E-state index in [0.717, 1.165) is 42.8 Å². The highest BCUT2D eigenvalue weighted by Crippen LogP contribution is 2.49. The topological polar surface area (TPSA) is 98.3 Å². The van der Waals surface area contributed by atoms with E-state index in [2.05, 4.69) is 36.6 Å². The average Bonchev–Trinajstić information content (AvgIpc) is 3.57. The van der Waals surface area contributed by atoms with Gasteiger partial charge in [0.25, 0.3) is 5.79 Å². The van der Waals surface area contributed by atoms with Crippen molar-refractivity contribution in [3.63, 3.8) is 0 Å². The molecule has 38 heavy (non-hydrogen) atoms. The van der Waals surface area contributed by atoms with Gasteiger partial charge in [-0.1, -0.05) is 23.7 Å².